The molecule has 0 N–H and O–H groups in total. The fourth-order valence-electron chi connectivity index (χ4n) is 1.26. The molecule has 0 saturated heterocycles. The fraction of sp³-hybridized carbons (Fsp3) is 0.545. The van der Waals surface area contributed by atoms with Crippen molar-refractivity contribution in [1.29, 1.82) is 0 Å². The molecule has 0 spiro atoms. The SMILES string of the molecule is CC(=O)Cc1cc(C)nc(C(C)C)n1. The van der Waals surface area contributed by atoms with Gasteiger partial charge < -0.3 is 0 Å². The number of aromatic nitrogens is 2. The van der Waals surface area contributed by atoms with E-state index in [1.165, 1.54) is 0 Å². The first-order valence-corrected chi connectivity index (χ1v) is 4.83. The molecule has 0 aliphatic heterocycles. The second-order valence-corrected chi connectivity index (χ2v) is 3.89. The van der Waals surface area contributed by atoms with Gasteiger partial charge >= 0.3 is 0 Å². The van der Waals surface area contributed by atoms with Crippen molar-refractivity contribution in [3.63, 3.8) is 0 Å². The van der Waals surface area contributed by atoms with Crippen LogP contribution in [0.5, 0.6) is 0 Å². The van der Waals surface area contributed by atoms with Crippen molar-refractivity contribution in [3.05, 3.63) is 23.3 Å². The summed E-state index contributed by atoms with van der Waals surface area (Å²) in [6.45, 7) is 7.60. The van der Waals surface area contributed by atoms with Gasteiger partial charge in [-0.3, -0.25) is 4.79 Å². The minimum atomic E-state index is 0.137. The topological polar surface area (TPSA) is 42.9 Å². The van der Waals surface area contributed by atoms with E-state index in [4.69, 9.17) is 0 Å². The minimum absolute atomic E-state index is 0.137. The highest BCUT2D eigenvalue weighted by Crippen LogP contribution is 2.10. The van der Waals surface area contributed by atoms with Crippen LogP contribution < -0.4 is 0 Å². The number of nitrogens with zero attached hydrogens (tertiary/aromatic N) is 2. The van der Waals surface area contributed by atoms with Crippen molar-refractivity contribution in [2.45, 2.75) is 40.0 Å². The molecule has 76 valence electrons. The molecule has 0 saturated carbocycles. The van der Waals surface area contributed by atoms with Crippen LogP contribution in [0.4, 0.5) is 0 Å². The molecule has 3 heteroatoms. The average Bonchev–Trinajstić information content (AvgIpc) is 2.01. The predicted octanol–water partition coefficient (Wildman–Crippen LogP) is 2.04. The van der Waals surface area contributed by atoms with Gasteiger partial charge in [-0.1, -0.05) is 13.8 Å². The highest BCUT2D eigenvalue weighted by atomic mass is 16.1. The molecular formula is C11H16N2O. The number of hydrogen-bond acceptors (Lipinski definition) is 3. The van der Waals surface area contributed by atoms with E-state index in [9.17, 15) is 4.79 Å². The van der Waals surface area contributed by atoms with E-state index < -0.39 is 0 Å². The molecule has 0 aliphatic rings. The van der Waals surface area contributed by atoms with Crippen LogP contribution >= 0.6 is 0 Å². The van der Waals surface area contributed by atoms with E-state index in [-0.39, 0.29) is 5.78 Å². The van der Waals surface area contributed by atoms with Gasteiger partial charge in [-0.25, -0.2) is 9.97 Å². The molecule has 0 aliphatic carbocycles. The van der Waals surface area contributed by atoms with Gasteiger partial charge in [-0.15, -0.1) is 0 Å². The van der Waals surface area contributed by atoms with Crippen LogP contribution in [0, 0.1) is 6.92 Å². The molecule has 0 fully saturated rings. The summed E-state index contributed by atoms with van der Waals surface area (Å²) in [5.74, 6) is 1.26. The fourth-order valence-corrected chi connectivity index (χ4v) is 1.26. The molecule has 3 nitrogen and oxygen atoms in total. The van der Waals surface area contributed by atoms with E-state index in [0.29, 0.717) is 12.3 Å². The molecule has 1 aromatic rings. The summed E-state index contributed by atoms with van der Waals surface area (Å²) in [6, 6.07) is 1.87. The van der Waals surface area contributed by atoms with Crippen molar-refractivity contribution >= 4 is 5.78 Å². The normalized spacial score (nSPS) is 10.6. The number of Topliss-reactive ketones (excluding diaryl/α,β-unsaturated/α-hetero) is 1. The lowest BCUT2D eigenvalue weighted by molar-refractivity contribution is -0.116. The second-order valence-electron chi connectivity index (χ2n) is 3.89. The molecule has 0 atom stereocenters. The van der Waals surface area contributed by atoms with Crippen molar-refractivity contribution in [2.24, 2.45) is 0 Å². The summed E-state index contributed by atoms with van der Waals surface area (Å²) in [5.41, 5.74) is 1.76. The maximum Gasteiger partial charge on any atom is 0.135 e. The van der Waals surface area contributed by atoms with Gasteiger partial charge in [0, 0.05) is 18.0 Å². The number of rotatable bonds is 3. The zero-order chi connectivity index (χ0) is 10.7. The zero-order valence-electron chi connectivity index (χ0n) is 9.16. The van der Waals surface area contributed by atoms with Gasteiger partial charge in [0.25, 0.3) is 0 Å². The third-order valence-electron chi connectivity index (χ3n) is 1.87. The first kappa shape index (κ1) is 10.8. The molecule has 0 aromatic carbocycles. The Balaban J connectivity index is 3.01. The van der Waals surface area contributed by atoms with Gasteiger partial charge in [0.15, 0.2) is 0 Å². The zero-order valence-corrected chi connectivity index (χ0v) is 9.16. The Morgan fingerprint density at radius 2 is 2.07 bits per heavy atom. The lowest BCUT2D eigenvalue weighted by Crippen LogP contribution is -2.06. The molecule has 0 unspecified atom stereocenters. The second kappa shape index (κ2) is 4.31. The third kappa shape index (κ3) is 2.91. The van der Waals surface area contributed by atoms with E-state index in [0.717, 1.165) is 17.2 Å². The van der Waals surface area contributed by atoms with Crippen LogP contribution in [0.15, 0.2) is 6.07 Å². The Morgan fingerprint density at radius 3 is 2.57 bits per heavy atom. The quantitative estimate of drug-likeness (QED) is 0.736. The first-order chi connectivity index (χ1) is 6.49. The summed E-state index contributed by atoms with van der Waals surface area (Å²) in [5, 5.41) is 0. The Hall–Kier alpha value is -1.25. The highest BCUT2D eigenvalue weighted by Gasteiger charge is 2.07. The Bertz CT molecular complexity index is 345. The van der Waals surface area contributed by atoms with Crippen LogP contribution in [0.1, 0.15) is 43.9 Å². The largest absolute Gasteiger partial charge is 0.300 e. The van der Waals surface area contributed by atoms with E-state index in [1.54, 1.807) is 6.92 Å². The van der Waals surface area contributed by atoms with Gasteiger partial charge in [-0.05, 0) is 19.9 Å². The molecule has 0 amide bonds. The lowest BCUT2D eigenvalue weighted by atomic mass is 10.1. The van der Waals surface area contributed by atoms with Crippen LogP contribution in [-0.4, -0.2) is 15.8 Å². The summed E-state index contributed by atoms with van der Waals surface area (Å²) in [7, 11) is 0. The molecule has 0 bridgehead atoms. The van der Waals surface area contributed by atoms with E-state index in [1.807, 2.05) is 26.8 Å². The average molecular weight is 192 g/mol. The number of carbonyl (C=O) groups excluding carboxylic acids is 1. The molecular weight excluding hydrogens is 176 g/mol. The Labute approximate surface area is 84.6 Å². The molecule has 1 heterocycles. The Kier molecular flexibility index (Phi) is 3.33. The number of ketones is 1. The van der Waals surface area contributed by atoms with Crippen LogP contribution in [0.2, 0.25) is 0 Å². The van der Waals surface area contributed by atoms with Crippen molar-refractivity contribution < 1.29 is 4.79 Å². The lowest BCUT2D eigenvalue weighted by Gasteiger charge is -2.06. The Morgan fingerprint density at radius 1 is 1.43 bits per heavy atom. The number of carbonyl (C=O) groups is 1. The van der Waals surface area contributed by atoms with Gasteiger partial charge in [0.1, 0.15) is 11.6 Å². The maximum absolute atomic E-state index is 10.9. The van der Waals surface area contributed by atoms with Gasteiger partial charge in [-0.2, -0.15) is 0 Å². The highest BCUT2D eigenvalue weighted by molar-refractivity contribution is 5.77. The van der Waals surface area contributed by atoms with Crippen molar-refractivity contribution in [1.82, 2.24) is 9.97 Å². The van der Waals surface area contributed by atoms with Crippen LogP contribution in [0.3, 0.4) is 0 Å². The van der Waals surface area contributed by atoms with Crippen molar-refractivity contribution in [3.8, 4) is 0 Å². The summed E-state index contributed by atoms with van der Waals surface area (Å²) < 4.78 is 0. The maximum atomic E-state index is 10.9. The number of aryl methyl sites for hydroxylation is 1. The van der Waals surface area contributed by atoms with Crippen LogP contribution in [0.25, 0.3) is 0 Å². The first-order valence-electron chi connectivity index (χ1n) is 4.83. The number of hydrogen-bond donors (Lipinski definition) is 0. The standard InChI is InChI=1S/C11H16N2O/c1-7(2)11-12-8(3)5-10(13-11)6-9(4)14/h5,7H,6H2,1-4H3. The molecule has 1 aromatic heterocycles. The molecule has 14 heavy (non-hydrogen) atoms. The summed E-state index contributed by atoms with van der Waals surface area (Å²) in [4.78, 5) is 19.6. The smallest absolute Gasteiger partial charge is 0.135 e. The summed E-state index contributed by atoms with van der Waals surface area (Å²) in [6.07, 6.45) is 0.406. The third-order valence-corrected chi connectivity index (χ3v) is 1.87. The summed E-state index contributed by atoms with van der Waals surface area (Å²) >= 11 is 0. The molecule has 1 rings (SSSR count). The monoisotopic (exact) mass is 192 g/mol. The van der Waals surface area contributed by atoms with Crippen LogP contribution in [-0.2, 0) is 11.2 Å². The molecule has 0 radical (unpaired) electrons. The predicted molar refractivity (Wildman–Crippen MR) is 55.2 cm³/mol. The van der Waals surface area contributed by atoms with Gasteiger partial charge in [0.05, 0.1) is 5.69 Å². The van der Waals surface area contributed by atoms with Crippen molar-refractivity contribution in [2.75, 3.05) is 0 Å². The van der Waals surface area contributed by atoms with Gasteiger partial charge in [0.2, 0.25) is 0 Å². The van der Waals surface area contributed by atoms with E-state index >= 15 is 0 Å². The minimum Gasteiger partial charge on any atom is -0.300 e. The van der Waals surface area contributed by atoms with E-state index in [2.05, 4.69) is 9.97 Å².